The summed E-state index contributed by atoms with van der Waals surface area (Å²) in [5.74, 6) is 0.498. The highest BCUT2D eigenvalue weighted by molar-refractivity contribution is 5.32. The summed E-state index contributed by atoms with van der Waals surface area (Å²) in [5, 5.41) is 11.7. The van der Waals surface area contributed by atoms with Crippen LogP contribution in [-0.4, -0.2) is 13.6 Å². The van der Waals surface area contributed by atoms with Crippen molar-refractivity contribution in [3.05, 3.63) is 35.4 Å². The first-order chi connectivity index (χ1) is 6.27. The highest BCUT2D eigenvalue weighted by Gasteiger charge is 2.02. The molecule has 0 heterocycles. The fourth-order valence-electron chi connectivity index (χ4n) is 1.31. The third-order valence-electron chi connectivity index (χ3n) is 2.12. The number of hydrogen-bond donors (Lipinski definition) is 1. The van der Waals surface area contributed by atoms with Crippen molar-refractivity contribution in [3.8, 4) is 6.07 Å². The molecule has 2 heteroatoms. The van der Waals surface area contributed by atoms with Crippen LogP contribution in [0.2, 0.25) is 0 Å². The minimum atomic E-state index is 0.498. The van der Waals surface area contributed by atoms with E-state index in [2.05, 4.69) is 18.3 Å². The van der Waals surface area contributed by atoms with E-state index < -0.39 is 0 Å². The molecule has 0 aliphatic rings. The molecule has 0 spiro atoms. The molecule has 0 fully saturated rings. The van der Waals surface area contributed by atoms with Crippen molar-refractivity contribution in [1.82, 2.24) is 5.32 Å². The summed E-state index contributed by atoms with van der Waals surface area (Å²) in [4.78, 5) is 0. The minimum absolute atomic E-state index is 0.498. The van der Waals surface area contributed by atoms with Crippen LogP contribution in [-0.2, 0) is 0 Å². The van der Waals surface area contributed by atoms with Crippen LogP contribution in [0, 0.1) is 11.3 Å². The van der Waals surface area contributed by atoms with Crippen LogP contribution in [0.5, 0.6) is 0 Å². The van der Waals surface area contributed by atoms with Gasteiger partial charge >= 0.3 is 0 Å². The van der Waals surface area contributed by atoms with Crippen LogP contribution < -0.4 is 5.32 Å². The predicted molar refractivity (Wildman–Crippen MR) is 53.5 cm³/mol. The molecular formula is C11H14N2. The van der Waals surface area contributed by atoms with E-state index in [1.54, 1.807) is 0 Å². The molecule has 0 saturated heterocycles. The van der Waals surface area contributed by atoms with Crippen LogP contribution >= 0.6 is 0 Å². The molecule has 0 radical (unpaired) electrons. The Hall–Kier alpha value is -1.33. The number of nitriles is 1. The van der Waals surface area contributed by atoms with Gasteiger partial charge in [-0.05, 0) is 30.7 Å². The fraction of sp³-hybridized carbons (Fsp3) is 0.364. The highest BCUT2D eigenvalue weighted by atomic mass is 14.8. The lowest BCUT2D eigenvalue weighted by atomic mass is 10.0. The molecule has 0 aliphatic heterocycles. The van der Waals surface area contributed by atoms with Gasteiger partial charge in [-0.2, -0.15) is 5.26 Å². The second kappa shape index (κ2) is 4.64. The van der Waals surface area contributed by atoms with E-state index in [1.165, 1.54) is 5.56 Å². The first kappa shape index (κ1) is 9.76. The maximum Gasteiger partial charge on any atom is 0.0991 e. The zero-order chi connectivity index (χ0) is 9.68. The molecule has 0 unspecified atom stereocenters. The summed E-state index contributed by atoms with van der Waals surface area (Å²) in [6.07, 6.45) is 0. The predicted octanol–water partition coefficient (Wildman–Crippen LogP) is 1.88. The van der Waals surface area contributed by atoms with Gasteiger partial charge in [0.1, 0.15) is 0 Å². The molecule has 0 bridgehead atoms. The lowest BCUT2D eigenvalue weighted by Crippen LogP contribution is -2.14. The molecule has 1 N–H and O–H groups in total. The van der Waals surface area contributed by atoms with Crippen LogP contribution in [0.25, 0.3) is 0 Å². The quantitative estimate of drug-likeness (QED) is 0.759. The largest absolute Gasteiger partial charge is 0.319 e. The van der Waals surface area contributed by atoms with E-state index in [1.807, 2.05) is 31.3 Å². The molecule has 0 amide bonds. The second-order valence-electron chi connectivity index (χ2n) is 3.19. The average Bonchev–Trinajstić information content (AvgIpc) is 2.18. The second-order valence-corrected chi connectivity index (χ2v) is 3.19. The molecular weight excluding hydrogens is 160 g/mol. The van der Waals surface area contributed by atoms with Gasteiger partial charge in [-0.3, -0.25) is 0 Å². The van der Waals surface area contributed by atoms with Gasteiger partial charge in [0.05, 0.1) is 11.6 Å². The fourth-order valence-corrected chi connectivity index (χ4v) is 1.31. The Bertz CT molecular complexity index is 295. The zero-order valence-corrected chi connectivity index (χ0v) is 8.04. The summed E-state index contributed by atoms with van der Waals surface area (Å²) in [6.45, 7) is 3.13. The topological polar surface area (TPSA) is 35.8 Å². The molecule has 1 aromatic rings. The molecule has 1 aromatic carbocycles. The van der Waals surface area contributed by atoms with E-state index in [9.17, 15) is 0 Å². The third kappa shape index (κ3) is 2.57. The van der Waals surface area contributed by atoms with Crippen LogP contribution in [0.1, 0.15) is 24.0 Å². The van der Waals surface area contributed by atoms with Gasteiger partial charge < -0.3 is 5.32 Å². The van der Waals surface area contributed by atoms with E-state index in [0.29, 0.717) is 5.92 Å². The van der Waals surface area contributed by atoms with Gasteiger partial charge in [0.2, 0.25) is 0 Å². The van der Waals surface area contributed by atoms with Gasteiger partial charge in [-0.15, -0.1) is 0 Å². The molecule has 13 heavy (non-hydrogen) atoms. The number of rotatable bonds is 3. The Labute approximate surface area is 79.2 Å². The zero-order valence-electron chi connectivity index (χ0n) is 8.04. The Balaban J connectivity index is 2.75. The number of benzene rings is 1. The molecule has 0 aliphatic carbocycles. The van der Waals surface area contributed by atoms with Crippen molar-refractivity contribution in [2.24, 2.45) is 0 Å². The molecule has 1 atom stereocenters. The summed E-state index contributed by atoms with van der Waals surface area (Å²) < 4.78 is 0. The lowest BCUT2D eigenvalue weighted by Gasteiger charge is -2.10. The molecule has 1 rings (SSSR count). The summed E-state index contributed by atoms with van der Waals surface area (Å²) in [6, 6.07) is 9.86. The Morgan fingerprint density at radius 3 is 2.46 bits per heavy atom. The first-order valence-electron chi connectivity index (χ1n) is 4.42. The normalized spacial score (nSPS) is 12.1. The average molecular weight is 174 g/mol. The van der Waals surface area contributed by atoms with Gasteiger partial charge in [-0.25, -0.2) is 0 Å². The van der Waals surface area contributed by atoms with Crippen molar-refractivity contribution >= 4 is 0 Å². The Kier molecular flexibility index (Phi) is 3.48. The summed E-state index contributed by atoms with van der Waals surface area (Å²) >= 11 is 0. The summed E-state index contributed by atoms with van der Waals surface area (Å²) in [7, 11) is 1.94. The number of nitrogens with one attached hydrogen (secondary N) is 1. The maximum atomic E-state index is 8.61. The SMILES string of the molecule is CNC[C@H](C)c1ccc(C#N)cc1. The standard InChI is InChI=1S/C11H14N2/c1-9(8-13-2)11-5-3-10(7-12)4-6-11/h3-6,9,13H,8H2,1-2H3/t9-/m0/s1. The van der Waals surface area contributed by atoms with Crippen molar-refractivity contribution in [2.45, 2.75) is 12.8 Å². The molecule has 0 aromatic heterocycles. The van der Waals surface area contributed by atoms with E-state index >= 15 is 0 Å². The van der Waals surface area contributed by atoms with Gasteiger partial charge in [0, 0.05) is 6.54 Å². The van der Waals surface area contributed by atoms with Crippen LogP contribution in [0.3, 0.4) is 0 Å². The number of hydrogen-bond acceptors (Lipinski definition) is 2. The van der Waals surface area contributed by atoms with E-state index in [0.717, 1.165) is 12.1 Å². The van der Waals surface area contributed by atoms with Crippen molar-refractivity contribution < 1.29 is 0 Å². The number of likely N-dealkylation sites (N-methyl/N-ethyl adjacent to an activating group) is 1. The van der Waals surface area contributed by atoms with Gasteiger partial charge in [0.25, 0.3) is 0 Å². The van der Waals surface area contributed by atoms with Crippen LogP contribution in [0.4, 0.5) is 0 Å². The third-order valence-corrected chi connectivity index (χ3v) is 2.12. The molecule has 2 nitrogen and oxygen atoms in total. The van der Waals surface area contributed by atoms with E-state index in [-0.39, 0.29) is 0 Å². The first-order valence-corrected chi connectivity index (χ1v) is 4.42. The van der Waals surface area contributed by atoms with Crippen molar-refractivity contribution in [2.75, 3.05) is 13.6 Å². The summed E-state index contributed by atoms with van der Waals surface area (Å²) in [5.41, 5.74) is 1.99. The van der Waals surface area contributed by atoms with Crippen molar-refractivity contribution in [1.29, 1.82) is 5.26 Å². The Morgan fingerprint density at radius 1 is 1.38 bits per heavy atom. The lowest BCUT2D eigenvalue weighted by molar-refractivity contribution is 0.678. The van der Waals surface area contributed by atoms with E-state index in [4.69, 9.17) is 5.26 Å². The van der Waals surface area contributed by atoms with Crippen LogP contribution in [0.15, 0.2) is 24.3 Å². The maximum absolute atomic E-state index is 8.61. The van der Waals surface area contributed by atoms with Gasteiger partial charge in [0.15, 0.2) is 0 Å². The number of nitrogens with zero attached hydrogens (tertiary/aromatic N) is 1. The molecule has 68 valence electrons. The molecule has 0 saturated carbocycles. The minimum Gasteiger partial charge on any atom is -0.319 e. The Morgan fingerprint density at radius 2 is 2.00 bits per heavy atom. The van der Waals surface area contributed by atoms with Crippen molar-refractivity contribution in [3.63, 3.8) is 0 Å². The highest BCUT2D eigenvalue weighted by Crippen LogP contribution is 2.14. The smallest absolute Gasteiger partial charge is 0.0991 e. The monoisotopic (exact) mass is 174 g/mol. The van der Waals surface area contributed by atoms with Gasteiger partial charge in [-0.1, -0.05) is 19.1 Å².